The monoisotopic (exact) mass is 423 g/mol. The van der Waals surface area contributed by atoms with Gasteiger partial charge >= 0.3 is 0 Å². The predicted octanol–water partition coefficient (Wildman–Crippen LogP) is 2.90. The molecule has 7 nitrogen and oxygen atoms in total. The molecule has 1 amide bonds. The molecular formula is C24H33N5O2. The summed E-state index contributed by atoms with van der Waals surface area (Å²) in [5.41, 5.74) is 4.91. The second-order valence-electron chi connectivity index (χ2n) is 8.96. The van der Waals surface area contributed by atoms with Crippen molar-refractivity contribution in [2.45, 2.75) is 46.6 Å². The Morgan fingerprint density at radius 3 is 2.90 bits per heavy atom. The van der Waals surface area contributed by atoms with Gasteiger partial charge in [0.2, 0.25) is 5.91 Å². The highest BCUT2D eigenvalue weighted by Gasteiger charge is 2.21. The van der Waals surface area contributed by atoms with E-state index in [4.69, 9.17) is 14.8 Å². The highest BCUT2D eigenvalue weighted by Crippen LogP contribution is 2.22. The summed E-state index contributed by atoms with van der Waals surface area (Å²) in [6, 6.07) is 8.04. The van der Waals surface area contributed by atoms with Crippen LogP contribution < -0.4 is 5.32 Å². The van der Waals surface area contributed by atoms with Crippen LogP contribution in [0.4, 0.5) is 0 Å². The van der Waals surface area contributed by atoms with Gasteiger partial charge < -0.3 is 10.1 Å². The van der Waals surface area contributed by atoms with Gasteiger partial charge in [-0.1, -0.05) is 26.0 Å². The molecule has 1 aliphatic heterocycles. The van der Waals surface area contributed by atoms with Gasteiger partial charge in [-0.25, -0.2) is 9.50 Å². The van der Waals surface area contributed by atoms with Gasteiger partial charge in [0.1, 0.15) is 0 Å². The number of ether oxygens (including phenoxy) is 1. The maximum Gasteiger partial charge on any atom is 0.220 e. The van der Waals surface area contributed by atoms with Crippen molar-refractivity contribution in [3.8, 4) is 0 Å². The van der Waals surface area contributed by atoms with Crippen molar-refractivity contribution in [2.75, 3.05) is 32.8 Å². The molecule has 166 valence electrons. The van der Waals surface area contributed by atoms with E-state index in [-0.39, 0.29) is 12.0 Å². The van der Waals surface area contributed by atoms with E-state index in [1.807, 2.05) is 35.7 Å². The third-order valence-electron chi connectivity index (χ3n) is 5.99. The zero-order valence-corrected chi connectivity index (χ0v) is 19.0. The number of carbonyl (C=O) groups is 1. The van der Waals surface area contributed by atoms with Gasteiger partial charge in [0.15, 0.2) is 5.65 Å². The quantitative estimate of drug-likeness (QED) is 0.633. The van der Waals surface area contributed by atoms with Crippen LogP contribution in [0.5, 0.6) is 0 Å². The number of nitrogens with zero attached hydrogens (tertiary/aromatic N) is 4. The molecule has 3 heterocycles. The lowest BCUT2D eigenvalue weighted by atomic mass is 10.1. The first-order chi connectivity index (χ1) is 14.9. The highest BCUT2D eigenvalue weighted by atomic mass is 16.5. The lowest BCUT2D eigenvalue weighted by Gasteiger charge is -2.33. The van der Waals surface area contributed by atoms with Crippen LogP contribution in [0.25, 0.3) is 16.6 Å². The van der Waals surface area contributed by atoms with E-state index < -0.39 is 0 Å². The molecule has 0 saturated carbocycles. The smallest absolute Gasteiger partial charge is 0.220 e. The van der Waals surface area contributed by atoms with Crippen LogP contribution >= 0.6 is 0 Å². The number of benzene rings is 1. The molecule has 1 atom stereocenters. The highest BCUT2D eigenvalue weighted by molar-refractivity contribution is 5.92. The van der Waals surface area contributed by atoms with E-state index >= 15 is 0 Å². The van der Waals surface area contributed by atoms with Gasteiger partial charge in [-0.05, 0) is 43.9 Å². The average Bonchev–Trinajstić information content (AvgIpc) is 3.11. The number of hydrogen-bond acceptors (Lipinski definition) is 5. The van der Waals surface area contributed by atoms with Crippen molar-refractivity contribution in [2.24, 2.45) is 5.92 Å². The Morgan fingerprint density at radius 2 is 2.10 bits per heavy atom. The Labute approximate surface area is 183 Å². The van der Waals surface area contributed by atoms with E-state index in [0.29, 0.717) is 25.3 Å². The minimum absolute atomic E-state index is 0.0501. The number of hydrogen-bond donors (Lipinski definition) is 1. The van der Waals surface area contributed by atoms with Crippen LogP contribution in [0.3, 0.4) is 0 Å². The van der Waals surface area contributed by atoms with Crippen molar-refractivity contribution < 1.29 is 9.53 Å². The molecule has 1 saturated heterocycles. The summed E-state index contributed by atoms with van der Waals surface area (Å²) in [5, 5.41) is 8.81. The fraction of sp³-hybridized carbons (Fsp3) is 0.542. The molecule has 3 aromatic rings. The summed E-state index contributed by atoms with van der Waals surface area (Å²) in [7, 11) is 0. The zero-order valence-electron chi connectivity index (χ0n) is 19.0. The SMILES string of the molecule is Cc1nc2c3ccccc3nn2c(C)c1CCC(=O)NCC1CN(CC(C)C)CCO1. The number of fused-ring (bicyclic) bond motifs is 3. The molecule has 1 aromatic carbocycles. The van der Waals surface area contributed by atoms with E-state index in [1.54, 1.807) is 0 Å². The Balaban J connectivity index is 1.36. The minimum Gasteiger partial charge on any atom is -0.374 e. The first-order valence-corrected chi connectivity index (χ1v) is 11.3. The number of rotatable bonds is 7. The fourth-order valence-electron chi connectivity index (χ4n) is 4.48. The van der Waals surface area contributed by atoms with Crippen LogP contribution in [0, 0.1) is 19.8 Å². The third kappa shape index (κ3) is 4.88. The topological polar surface area (TPSA) is 71.8 Å². The van der Waals surface area contributed by atoms with Crippen LogP contribution in [0.2, 0.25) is 0 Å². The maximum absolute atomic E-state index is 12.5. The second kappa shape index (κ2) is 9.32. The first-order valence-electron chi connectivity index (χ1n) is 11.3. The largest absolute Gasteiger partial charge is 0.374 e. The maximum atomic E-state index is 12.5. The first kappa shape index (κ1) is 21.7. The molecule has 4 rings (SSSR count). The molecule has 0 spiro atoms. The number of morpholine rings is 1. The molecule has 1 fully saturated rings. The number of aromatic nitrogens is 3. The summed E-state index contributed by atoms with van der Waals surface area (Å²) in [6.07, 6.45) is 1.14. The van der Waals surface area contributed by atoms with Gasteiger partial charge in [0, 0.05) is 49.4 Å². The van der Waals surface area contributed by atoms with Gasteiger partial charge in [0.25, 0.3) is 0 Å². The van der Waals surface area contributed by atoms with Gasteiger partial charge in [-0.15, -0.1) is 0 Å². The van der Waals surface area contributed by atoms with Crippen molar-refractivity contribution in [3.63, 3.8) is 0 Å². The summed E-state index contributed by atoms with van der Waals surface area (Å²) in [6.45, 7) is 12.8. The van der Waals surface area contributed by atoms with Gasteiger partial charge in [-0.3, -0.25) is 9.69 Å². The molecule has 1 unspecified atom stereocenters. The van der Waals surface area contributed by atoms with Gasteiger partial charge in [-0.2, -0.15) is 5.10 Å². The standard InChI is InChI=1S/C24H33N5O2/c1-16(2)14-28-11-12-31-19(15-28)13-25-23(30)10-9-20-17(3)26-24-21-7-5-6-8-22(21)27-29(24)18(20)4/h5-8,16,19H,9-15H2,1-4H3,(H,25,30). The number of nitrogens with one attached hydrogen (secondary N) is 1. The van der Waals surface area contributed by atoms with E-state index in [0.717, 1.165) is 59.7 Å². The average molecular weight is 424 g/mol. The molecule has 0 aliphatic carbocycles. The molecule has 31 heavy (non-hydrogen) atoms. The van der Waals surface area contributed by atoms with Crippen LogP contribution in [0.1, 0.15) is 37.2 Å². The summed E-state index contributed by atoms with van der Waals surface area (Å²) >= 11 is 0. The molecule has 2 aromatic heterocycles. The zero-order chi connectivity index (χ0) is 22.0. The van der Waals surface area contributed by atoms with Crippen molar-refractivity contribution in [3.05, 3.63) is 41.2 Å². The summed E-state index contributed by atoms with van der Waals surface area (Å²) in [4.78, 5) is 19.7. The molecule has 0 bridgehead atoms. The molecule has 7 heteroatoms. The van der Waals surface area contributed by atoms with Gasteiger partial charge in [0.05, 0.1) is 18.2 Å². The second-order valence-corrected chi connectivity index (χ2v) is 8.96. The number of carbonyl (C=O) groups excluding carboxylic acids is 1. The van der Waals surface area contributed by atoms with E-state index in [1.165, 1.54) is 0 Å². The van der Waals surface area contributed by atoms with Crippen molar-refractivity contribution in [1.82, 2.24) is 24.8 Å². The van der Waals surface area contributed by atoms with Crippen molar-refractivity contribution >= 4 is 22.5 Å². The Bertz CT molecular complexity index is 1070. The Morgan fingerprint density at radius 1 is 1.29 bits per heavy atom. The predicted molar refractivity (Wildman–Crippen MR) is 122 cm³/mol. The lowest BCUT2D eigenvalue weighted by molar-refractivity contribution is -0.122. The van der Waals surface area contributed by atoms with Crippen molar-refractivity contribution in [1.29, 1.82) is 0 Å². The molecule has 1 N–H and O–H groups in total. The molecule has 0 radical (unpaired) electrons. The minimum atomic E-state index is 0.0501. The Kier molecular flexibility index (Phi) is 6.53. The van der Waals surface area contributed by atoms with Crippen LogP contribution in [-0.2, 0) is 16.0 Å². The lowest BCUT2D eigenvalue weighted by Crippen LogP contribution is -2.48. The molecular weight excluding hydrogens is 390 g/mol. The van der Waals surface area contributed by atoms with E-state index in [2.05, 4.69) is 31.0 Å². The number of aryl methyl sites for hydroxylation is 2. The molecule has 1 aliphatic rings. The summed E-state index contributed by atoms with van der Waals surface area (Å²) in [5.74, 6) is 0.687. The van der Waals surface area contributed by atoms with Crippen LogP contribution in [-0.4, -0.2) is 64.3 Å². The third-order valence-corrected chi connectivity index (χ3v) is 5.99. The number of amides is 1. The van der Waals surface area contributed by atoms with Crippen LogP contribution in [0.15, 0.2) is 24.3 Å². The summed E-state index contributed by atoms with van der Waals surface area (Å²) < 4.78 is 7.75. The Hall–Kier alpha value is -2.51. The normalized spacial score (nSPS) is 17.6. The van der Waals surface area contributed by atoms with E-state index in [9.17, 15) is 4.79 Å². The fourth-order valence-corrected chi connectivity index (χ4v) is 4.48.